The van der Waals surface area contributed by atoms with Crippen LogP contribution in [0.25, 0.3) is 0 Å². The molecule has 0 N–H and O–H groups in total. The summed E-state index contributed by atoms with van der Waals surface area (Å²) in [5, 5.41) is 0. The highest BCUT2D eigenvalue weighted by molar-refractivity contribution is 5.83. The zero-order valence-corrected chi connectivity index (χ0v) is 13.1. The molecule has 0 spiro atoms. The van der Waals surface area contributed by atoms with Crippen LogP contribution in [0.15, 0.2) is 12.1 Å². The number of likely N-dealkylation sites (tertiary alicyclic amines) is 1. The molecule has 21 heavy (non-hydrogen) atoms. The minimum Gasteiger partial charge on any atom is -0.492 e. The Morgan fingerprint density at radius 2 is 1.76 bits per heavy atom. The lowest BCUT2D eigenvalue weighted by Crippen LogP contribution is -2.39. The molecular weight excluding hydrogens is 266 g/mol. The van der Waals surface area contributed by atoms with Crippen LogP contribution in [-0.2, 0) is 9.59 Å². The Morgan fingerprint density at radius 1 is 1.14 bits per heavy atom. The van der Waals surface area contributed by atoms with Gasteiger partial charge in [0.25, 0.3) is 0 Å². The van der Waals surface area contributed by atoms with Gasteiger partial charge in [-0.1, -0.05) is 12.1 Å². The topological polar surface area (TPSA) is 46.6 Å². The van der Waals surface area contributed by atoms with Gasteiger partial charge in [0.2, 0.25) is 5.91 Å². The molecule has 0 unspecified atom stereocenters. The molecule has 2 rings (SSSR count). The minimum atomic E-state index is 0.0745. The number of ether oxygens (including phenoxy) is 1. The van der Waals surface area contributed by atoms with E-state index in [1.807, 2.05) is 19.9 Å². The van der Waals surface area contributed by atoms with E-state index in [0.717, 1.165) is 16.9 Å². The van der Waals surface area contributed by atoms with Gasteiger partial charge in [0.15, 0.2) is 0 Å². The minimum absolute atomic E-state index is 0.0745. The normalized spacial score (nSPS) is 15.2. The van der Waals surface area contributed by atoms with Gasteiger partial charge in [-0.25, -0.2) is 0 Å². The van der Waals surface area contributed by atoms with Crippen LogP contribution in [0.1, 0.15) is 36.0 Å². The molecule has 0 aliphatic carbocycles. The van der Waals surface area contributed by atoms with E-state index in [2.05, 4.69) is 13.0 Å². The van der Waals surface area contributed by atoms with Crippen molar-refractivity contribution >= 4 is 11.7 Å². The van der Waals surface area contributed by atoms with E-state index in [-0.39, 0.29) is 11.7 Å². The fourth-order valence-electron chi connectivity index (χ4n) is 2.55. The quantitative estimate of drug-likeness (QED) is 0.856. The van der Waals surface area contributed by atoms with Crippen molar-refractivity contribution in [3.63, 3.8) is 0 Å². The highest BCUT2D eigenvalue weighted by Gasteiger charge is 2.20. The number of piperidine rings is 1. The number of hydrogen-bond donors (Lipinski definition) is 0. The van der Waals surface area contributed by atoms with Crippen LogP contribution >= 0.6 is 0 Å². The van der Waals surface area contributed by atoms with E-state index in [9.17, 15) is 9.59 Å². The van der Waals surface area contributed by atoms with E-state index in [4.69, 9.17) is 4.74 Å². The second kappa shape index (κ2) is 6.74. The molecule has 1 aromatic carbocycles. The van der Waals surface area contributed by atoms with Crippen molar-refractivity contribution in [2.24, 2.45) is 0 Å². The Kier molecular flexibility index (Phi) is 4.99. The maximum absolute atomic E-state index is 12.1. The average molecular weight is 289 g/mol. The predicted octanol–water partition coefficient (Wildman–Crippen LogP) is 2.57. The number of rotatable bonds is 4. The maximum Gasteiger partial charge on any atom is 0.226 e. The van der Waals surface area contributed by atoms with E-state index >= 15 is 0 Å². The fraction of sp³-hybridized carbons (Fsp3) is 0.529. The van der Waals surface area contributed by atoms with Crippen LogP contribution in [0, 0.1) is 20.8 Å². The molecule has 1 heterocycles. The van der Waals surface area contributed by atoms with E-state index in [0.29, 0.717) is 39.0 Å². The van der Waals surface area contributed by atoms with Crippen LogP contribution in [-0.4, -0.2) is 36.3 Å². The molecule has 0 atom stereocenters. The van der Waals surface area contributed by atoms with Gasteiger partial charge in [0.05, 0.1) is 13.0 Å². The van der Waals surface area contributed by atoms with Gasteiger partial charge >= 0.3 is 0 Å². The SMILES string of the molecule is Cc1ccc(C)c(OCCC(=O)N2CCC(=O)CC2)c1C. The Labute approximate surface area is 126 Å². The molecule has 0 aromatic heterocycles. The summed E-state index contributed by atoms with van der Waals surface area (Å²) in [7, 11) is 0. The molecule has 1 fully saturated rings. The summed E-state index contributed by atoms with van der Waals surface area (Å²) < 4.78 is 5.82. The molecule has 0 radical (unpaired) electrons. The first-order chi connectivity index (χ1) is 9.99. The smallest absolute Gasteiger partial charge is 0.226 e. The van der Waals surface area contributed by atoms with Gasteiger partial charge in [0, 0.05) is 25.9 Å². The molecule has 1 amide bonds. The van der Waals surface area contributed by atoms with Gasteiger partial charge in [-0.3, -0.25) is 9.59 Å². The van der Waals surface area contributed by atoms with Crippen LogP contribution in [0.5, 0.6) is 5.75 Å². The second-order valence-electron chi connectivity index (χ2n) is 5.67. The van der Waals surface area contributed by atoms with Gasteiger partial charge in [-0.05, 0) is 37.5 Å². The summed E-state index contributed by atoms with van der Waals surface area (Å²) in [6.45, 7) is 7.60. The van der Waals surface area contributed by atoms with Crippen molar-refractivity contribution in [2.75, 3.05) is 19.7 Å². The number of nitrogens with zero attached hydrogens (tertiary/aromatic N) is 1. The van der Waals surface area contributed by atoms with E-state index < -0.39 is 0 Å². The van der Waals surface area contributed by atoms with Crippen LogP contribution < -0.4 is 4.74 Å². The van der Waals surface area contributed by atoms with Crippen LogP contribution in [0.4, 0.5) is 0 Å². The summed E-state index contributed by atoms with van der Waals surface area (Å²) in [5.41, 5.74) is 3.41. The molecule has 114 valence electrons. The average Bonchev–Trinajstić information content (AvgIpc) is 2.47. The third-order valence-electron chi connectivity index (χ3n) is 4.11. The molecule has 1 saturated heterocycles. The number of ketones is 1. The van der Waals surface area contributed by atoms with Gasteiger partial charge in [-0.15, -0.1) is 0 Å². The molecule has 0 bridgehead atoms. The zero-order valence-electron chi connectivity index (χ0n) is 13.1. The van der Waals surface area contributed by atoms with Crippen molar-refractivity contribution in [3.8, 4) is 5.75 Å². The van der Waals surface area contributed by atoms with Gasteiger partial charge in [-0.2, -0.15) is 0 Å². The standard InChI is InChI=1S/C17H23NO3/c1-12-4-5-13(2)17(14(12)3)21-11-8-16(20)18-9-6-15(19)7-10-18/h4-5H,6-11H2,1-3H3. The number of carbonyl (C=O) groups is 2. The summed E-state index contributed by atoms with van der Waals surface area (Å²) in [6.07, 6.45) is 1.34. The van der Waals surface area contributed by atoms with Gasteiger partial charge in [0.1, 0.15) is 11.5 Å². The molecule has 1 aliphatic rings. The molecule has 0 saturated carbocycles. The monoisotopic (exact) mass is 289 g/mol. The number of amides is 1. The van der Waals surface area contributed by atoms with Gasteiger partial charge < -0.3 is 9.64 Å². The van der Waals surface area contributed by atoms with Crippen LogP contribution in [0.3, 0.4) is 0 Å². The van der Waals surface area contributed by atoms with Crippen molar-refractivity contribution < 1.29 is 14.3 Å². The molecule has 1 aromatic rings. The first-order valence-corrected chi connectivity index (χ1v) is 7.48. The zero-order chi connectivity index (χ0) is 15.4. The number of carbonyl (C=O) groups excluding carboxylic acids is 2. The maximum atomic E-state index is 12.1. The molecule has 4 nitrogen and oxygen atoms in total. The number of hydrogen-bond acceptors (Lipinski definition) is 3. The highest BCUT2D eigenvalue weighted by Crippen LogP contribution is 2.25. The Balaban J connectivity index is 1.86. The number of benzene rings is 1. The fourth-order valence-corrected chi connectivity index (χ4v) is 2.55. The van der Waals surface area contributed by atoms with E-state index in [1.165, 1.54) is 5.56 Å². The van der Waals surface area contributed by atoms with Crippen molar-refractivity contribution in [2.45, 2.75) is 40.0 Å². The van der Waals surface area contributed by atoms with Crippen molar-refractivity contribution in [1.82, 2.24) is 4.90 Å². The largest absolute Gasteiger partial charge is 0.492 e. The highest BCUT2D eigenvalue weighted by atomic mass is 16.5. The number of aryl methyl sites for hydroxylation is 2. The van der Waals surface area contributed by atoms with Crippen molar-refractivity contribution in [3.05, 3.63) is 28.8 Å². The first kappa shape index (κ1) is 15.5. The third kappa shape index (κ3) is 3.84. The summed E-state index contributed by atoms with van der Waals surface area (Å²) >= 11 is 0. The second-order valence-corrected chi connectivity index (χ2v) is 5.67. The summed E-state index contributed by atoms with van der Waals surface area (Å²) in [4.78, 5) is 25.0. The first-order valence-electron chi connectivity index (χ1n) is 7.48. The Morgan fingerprint density at radius 3 is 2.43 bits per heavy atom. The lowest BCUT2D eigenvalue weighted by atomic mass is 10.1. The number of Topliss-reactive ketones (excluding diaryl/α,β-unsaturated/α-hetero) is 1. The molecule has 4 heteroatoms. The molecular formula is C17H23NO3. The Hall–Kier alpha value is -1.84. The molecule has 1 aliphatic heterocycles. The Bertz CT molecular complexity index is 541. The van der Waals surface area contributed by atoms with Crippen LogP contribution in [0.2, 0.25) is 0 Å². The summed E-state index contributed by atoms with van der Waals surface area (Å²) in [5.74, 6) is 1.21. The predicted molar refractivity (Wildman–Crippen MR) is 81.6 cm³/mol. The van der Waals surface area contributed by atoms with E-state index in [1.54, 1.807) is 4.90 Å². The third-order valence-corrected chi connectivity index (χ3v) is 4.11. The van der Waals surface area contributed by atoms with Crippen molar-refractivity contribution in [1.29, 1.82) is 0 Å². The lowest BCUT2D eigenvalue weighted by Gasteiger charge is -2.26. The summed E-state index contributed by atoms with van der Waals surface area (Å²) in [6, 6.07) is 4.11. The lowest BCUT2D eigenvalue weighted by molar-refractivity contribution is -0.134.